The van der Waals surface area contributed by atoms with Crippen LogP contribution in [-0.2, 0) is 6.42 Å². The van der Waals surface area contributed by atoms with Crippen molar-refractivity contribution in [3.05, 3.63) is 35.1 Å². The lowest BCUT2D eigenvalue weighted by molar-refractivity contribution is 0.453. The topological polar surface area (TPSA) is 12.0 Å². The number of nitrogens with one attached hydrogen (secondary N) is 1. The molecular weight excluding hydrogens is 213 g/mol. The quantitative estimate of drug-likeness (QED) is 0.795. The molecule has 0 saturated heterocycles. The monoisotopic (exact) mass is 237 g/mol. The van der Waals surface area contributed by atoms with E-state index < -0.39 is 0 Å². The van der Waals surface area contributed by atoms with E-state index in [0.29, 0.717) is 12.0 Å². The Labute approximate surface area is 104 Å². The van der Waals surface area contributed by atoms with Gasteiger partial charge in [-0.1, -0.05) is 26.8 Å². The molecule has 1 atom stereocenters. The van der Waals surface area contributed by atoms with E-state index in [1.807, 2.05) is 13.0 Å². The molecule has 96 valence electrons. The molecule has 0 radical (unpaired) electrons. The lowest BCUT2D eigenvalue weighted by atomic mass is 9.98. The number of halogens is 1. The number of aryl methyl sites for hydroxylation is 2. The van der Waals surface area contributed by atoms with E-state index in [1.165, 1.54) is 5.56 Å². The Balaban J connectivity index is 2.39. The molecule has 0 heterocycles. The van der Waals surface area contributed by atoms with Gasteiger partial charge < -0.3 is 5.32 Å². The zero-order valence-corrected chi connectivity index (χ0v) is 11.4. The summed E-state index contributed by atoms with van der Waals surface area (Å²) in [6, 6.07) is 5.63. The van der Waals surface area contributed by atoms with Gasteiger partial charge in [-0.2, -0.15) is 0 Å². The molecule has 1 unspecified atom stereocenters. The lowest BCUT2D eigenvalue weighted by Gasteiger charge is -2.15. The van der Waals surface area contributed by atoms with E-state index in [0.717, 1.165) is 24.9 Å². The fourth-order valence-electron chi connectivity index (χ4n) is 1.88. The average molecular weight is 237 g/mol. The van der Waals surface area contributed by atoms with Gasteiger partial charge in [0.05, 0.1) is 0 Å². The van der Waals surface area contributed by atoms with Crippen molar-refractivity contribution in [2.45, 2.75) is 46.6 Å². The first-order chi connectivity index (χ1) is 7.99. The van der Waals surface area contributed by atoms with E-state index in [1.54, 1.807) is 12.1 Å². The fraction of sp³-hybridized carbons (Fsp3) is 0.600. The van der Waals surface area contributed by atoms with E-state index >= 15 is 0 Å². The summed E-state index contributed by atoms with van der Waals surface area (Å²) in [6.07, 6.45) is 2.18. The largest absolute Gasteiger partial charge is 0.314 e. The SMILES string of the molecule is Cc1cc(F)ccc1CCC(C)CNC(C)C. The molecule has 0 spiro atoms. The highest BCUT2D eigenvalue weighted by atomic mass is 19.1. The van der Waals surface area contributed by atoms with Gasteiger partial charge in [-0.05, 0) is 55.5 Å². The number of benzene rings is 1. The van der Waals surface area contributed by atoms with E-state index in [-0.39, 0.29) is 5.82 Å². The normalized spacial score (nSPS) is 13.1. The number of hydrogen-bond acceptors (Lipinski definition) is 1. The van der Waals surface area contributed by atoms with Crippen molar-refractivity contribution in [2.75, 3.05) is 6.54 Å². The maximum absolute atomic E-state index is 12.9. The van der Waals surface area contributed by atoms with Crippen LogP contribution in [0.2, 0.25) is 0 Å². The molecule has 0 aliphatic heterocycles. The second-order valence-corrected chi connectivity index (χ2v) is 5.28. The van der Waals surface area contributed by atoms with Gasteiger partial charge in [-0.3, -0.25) is 0 Å². The van der Waals surface area contributed by atoms with Gasteiger partial charge >= 0.3 is 0 Å². The van der Waals surface area contributed by atoms with Crippen LogP contribution in [0.15, 0.2) is 18.2 Å². The first kappa shape index (κ1) is 14.2. The molecule has 0 aromatic heterocycles. The van der Waals surface area contributed by atoms with Gasteiger partial charge in [0.2, 0.25) is 0 Å². The van der Waals surface area contributed by atoms with E-state index in [2.05, 4.69) is 26.1 Å². The van der Waals surface area contributed by atoms with Gasteiger partial charge in [0.15, 0.2) is 0 Å². The summed E-state index contributed by atoms with van der Waals surface area (Å²) in [4.78, 5) is 0. The van der Waals surface area contributed by atoms with Crippen molar-refractivity contribution >= 4 is 0 Å². The zero-order chi connectivity index (χ0) is 12.8. The Morgan fingerprint density at radius 3 is 2.53 bits per heavy atom. The molecule has 1 aromatic carbocycles. The van der Waals surface area contributed by atoms with Crippen molar-refractivity contribution in [2.24, 2.45) is 5.92 Å². The molecule has 0 bridgehead atoms. The van der Waals surface area contributed by atoms with Crippen molar-refractivity contribution < 1.29 is 4.39 Å². The molecule has 1 nitrogen and oxygen atoms in total. The maximum atomic E-state index is 12.9. The van der Waals surface area contributed by atoms with Crippen LogP contribution >= 0.6 is 0 Å². The Morgan fingerprint density at radius 2 is 1.94 bits per heavy atom. The second kappa shape index (κ2) is 6.75. The van der Waals surface area contributed by atoms with Crippen molar-refractivity contribution in [3.8, 4) is 0 Å². The zero-order valence-electron chi connectivity index (χ0n) is 11.4. The number of hydrogen-bond donors (Lipinski definition) is 1. The molecule has 0 fully saturated rings. The molecular formula is C15H24FN. The van der Waals surface area contributed by atoms with Crippen LogP contribution in [0.4, 0.5) is 4.39 Å². The first-order valence-electron chi connectivity index (χ1n) is 6.47. The van der Waals surface area contributed by atoms with E-state index in [4.69, 9.17) is 0 Å². The highest BCUT2D eigenvalue weighted by Gasteiger charge is 2.05. The Hall–Kier alpha value is -0.890. The highest BCUT2D eigenvalue weighted by Crippen LogP contribution is 2.14. The van der Waals surface area contributed by atoms with Crippen molar-refractivity contribution in [1.82, 2.24) is 5.32 Å². The Kier molecular flexibility index (Phi) is 5.63. The van der Waals surface area contributed by atoms with Crippen LogP contribution in [0.1, 0.15) is 38.3 Å². The van der Waals surface area contributed by atoms with Gasteiger partial charge in [-0.15, -0.1) is 0 Å². The summed E-state index contributed by atoms with van der Waals surface area (Å²) in [5, 5.41) is 3.45. The molecule has 1 N–H and O–H groups in total. The predicted octanol–water partition coefficient (Wildman–Crippen LogP) is 3.70. The first-order valence-corrected chi connectivity index (χ1v) is 6.47. The molecule has 0 saturated carbocycles. The average Bonchev–Trinajstić information content (AvgIpc) is 2.25. The standard InChI is InChI=1S/C15H24FN/c1-11(2)17-10-12(3)5-6-14-7-8-15(16)9-13(14)4/h7-9,11-12,17H,5-6,10H2,1-4H3. The van der Waals surface area contributed by atoms with Crippen LogP contribution in [0.3, 0.4) is 0 Å². The Morgan fingerprint density at radius 1 is 1.24 bits per heavy atom. The Bertz CT molecular complexity index is 347. The van der Waals surface area contributed by atoms with Crippen LogP contribution in [0.25, 0.3) is 0 Å². The van der Waals surface area contributed by atoms with Crippen LogP contribution in [-0.4, -0.2) is 12.6 Å². The van der Waals surface area contributed by atoms with Gasteiger partial charge in [0, 0.05) is 6.04 Å². The molecule has 1 aromatic rings. The van der Waals surface area contributed by atoms with Gasteiger partial charge in [0.25, 0.3) is 0 Å². The fourth-order valence-corrected chi connectivity index (χ4v) is 1.88. The molecule has 0 aliphatic carbocycles. The number of rotatable bonds is 6. The maximum Gasteiger partial charge on any atom is 0.123 e. The predicted molar refractivity (Wildman–Crippen MR) is 71.8 cm³/mol. The minimum atomic E-state index is -0.138. The lowest BCUT2D eigenvalue weighted by Crippen LogP contribution is -2.28. The smallest absolute Gasteiger partial charge is 0.123 e. The molecule has 17 heavy (non-hydrogen) atoms. The molecule has 1 rings (SSSR count). The van der Waals surface area contributed by atoms with Crippen molar-refractivity contribution in [1.29, 1.82) is 0 Å². The second-order valence-electron chi connectivity index (χ2n) is 5.28. The van der Waals surface area contributed by atoms with Crippen LogP contribution < -0.4 is 5.32 Å². The summed E-state index contributed by atoms with van der Waals surface area (Å²) in [5.41, 5.74) is 2.33. The third-order valence-electron chi connectivity index (χ3n) is 3.09. The molecule has 0 amide bonds. The molecule has 2 heteroatoms. The summed E-state index contributed by atoms with van der Waals surface area (Å²) < 4.78 is 12.9. The van der Waals surface area contributed by atoms with Gasteiger partial charge in [0.1, 0.15) is 5.82 Å². The third kappa shape index (κ3) is 5.31. The third-order valence-corrected chi connectivity index (χ3v) is 3.09. The van der Waals surface area contributed by atoms with Gasteiger partial charge in [-0.25, -0.2) is 4.39 Å². The van der Waals surface area contributed by atoms with Crippen LogP contribution in [0, 0.1) is 18.7 Å². The highest BCUT2D eigenvalue weighted by molar-refractivity contribution is 5.26. The summed E-state index contributed by atoms with van der Waals surface area (Å²) in [7, 11) is 0. The van der Waals surface area contributed by atoms with Crippen molar-refractivity contribution in [3.63, 3.8) is 0 Å². The summed E-state index contributed by atoms with van der Waals surface area (Å²) >= 11 is 0. The molecule has 0 aliphatic rings. The minimum absolute atomic E-state index is 0.138. The summed E-state index contributed by atoms with van der Waals surface area (Å²) in [5.74, 6) is 0.516. The minimum Gasteiger partial charge on any atom is -0.314 e. The van der Waals surface area contributed by atoms with Crippen LogP contribution in [0.5, 0.6) is 0 Å². The summed E-state index contributed by atoms with van der Waals surface area (Å²) in [6.45, 7) is 9.62. The van der Waals surface area contributed by atoms with E-state index in [9.17, 15) is 4.39 Å².